The van der Waals surface area contributed by atoms with E-state index in [1.807, 2.05) is 24.5 Å². The highest BCUT2D eigenvalue weighted by atomic mass is 15.2. The van der Waals surface area contributed by atoms with Crippen molar-refractivity contribution in [3.05, 3.63) is 42.2 Å². The number of imidazole rings is 1. The van der Waals surface area contributed by atoms with Crippen LogP contribution in [-0.4, -0.2) is 21.1 Å². The van der Waals surface area contributed by atoms with Crippen LogP contribution in [0.25, 0.3) is 0 Å². The maximum absolute atomic E-state index is 8.84. The second-order valence-electron chi connectivity index (χ2n) is 3.97. The van der Waals surface area contributed by atoms with Gasteiger partial charge in [-0.1, -0.05) is 0 Å². The Hall–Kier alpha value is -2.35. The van der Waals surface area contributed by atoms with E-state index in [2.05, 4.69) is 25.5 Å². The molecule has 84 valence electrons. The number of pyridine rings is 1. The number of aromatic nitrogens is 3. The van der Waals surface area contributed by atoms with Gasteiger partial charge in [0.15, 0.2) is 0 Å². The quantitative estimate of drug-likeness (QED) is 0.731. The van der Waals surface area contributed by atoms with E-state index < -0.39 is 0 Å². The van der Waals surface area contributed by atoms with Gasteiger partial charge in [0.1, 0.15) is 17.6 Å². The highest BCUT2D eigenvalue weighted by Gasteiger charge is 2.16. The molecule has 0 saturated heterocycles. The van der Waals surface area contributed by atoms with Gasteiger partial charge in [-0.2, -0.15) is 5.26 Å². The molecule has 1 aliphatic rings. The van der Waals surface area contributed by atoms with Crippen molar-refractivity contribution < 1.29 is 0 Å². The van der Waals surface area contributed by atoms with Gasteiger partial charge in [-0.05, 0) is 12.1 Å². The molecule has 5 nitrogen and oxygen atoms in total. The zero-order chi connectivity index (χ0) is 11.7. The van der Waals surface area contributed by atoms with Gasteiger partial charge in [-0.25, -0.2) is 9.97 Å². The van der Waals surface area contributed by atoms with Crippen molar-refractivity contribution in [2.75, 3.05) is 11.4 Å². The summed E-state index contributed by atoms with van der Waals surface area (Å²) >= 11 is 0. The van der Waals surface area contributed by atoms with E-state index in [0.717, 1.165) is 31.1 Å². The van der Waals surface area contributed by atoms with Crippen LogP contribution in [0.4, 0.5) is 5.69 Å². The molecular weight excluding hydrogens is 214 g/mol. The molecule has 3 rings (SSSR count). The normalized spacial score (nSPS) is 14.2. The molecule has 0 fully saturated rings. The summed E-state index contributed by atoms with van der Waals surface area (Å²) in [5, 5.41) is 8.84. The average molecular weight is 225 g/mol. The minimum absolute atomic E-state index is 0.455. The molecule has 0 amide bonds. The fourth-order valence-electron chi connectivity index (χ4n) is 2.07. The van der Waals surface area contributed by atoms with Crippen molar-refractivity contribution in [3.63, 3.8) is 0 Å². The summed E-state index contributed by atoms with van der Waals surface area (Å²) in [7, 11) is 0. The van der Waals surface area contributed by atoms with Gasteiger partial charge in [0.25, 0.3) is 0 Å². The SMILES string of the molecule is N#Cc1cc(N2CCn3ccnc3C2)ccn1. The van der Waals surface area contributed by atoms with E-state index in [4.69, 9.17) is 5.26 Å². The van der Waals surface area contributed by atoms with Crippen molar-refractivity contribution in [2.24, 2.45) is 0 Å². The van der Waals surface area contributed by atoms with Crippen LogP contribution >= 0.6 is 0 Å². The Morgan fingerprint density at radius 2 is 2.18 bits per heavy atom. The molecule has 0 N–H and O–H groups in total. The van der Waals surface area contributed by atoms with E-state index in [0.29, 0.717) is 5.69 Å². The summed E-state index contributed by atoms with van der Waals surface area (Å²) in [6, 6.07) is 5.81. The molecule has 2 aromatic heterocycles. The van der Waals surface area contributed by atoms with Crippen molar-refractivity contribution in [1.29, 1.82) is 5.26 Å². The lowest BCUT2D eigenvalue weighted by Crippen LogP contribution is -2.33. The van der Waals surface area contributed by atoms with Crippen molar-refractivity contribution in [2.45, 2.75) is 13.1 Å². The molecule has 0 saturated carbocycles. The minimum Gasteiger partial charge on any atom is -0.362 e. The third-order valence-corrected chi connectivity index (χ3v) is 2.97. The van der Waals surface area contributed by atoms with E-state index in [9.17, 15) is 0 Å². The number of hydrogen-bond acceptors (Lipinski definition) is 4. The minimum atomic E-state index is 0.455. The molecule has 0 aliphatic carbocycles. The fourth-order valence-corrected chi connectivity index (χ4v) is 2.07. The Balaban J connectivity index is 1.89. The molecule has 2 aromatic rings. The average Bonchev–Trinajstić information content (AvgIpc) is 2.86. The third kappa shape index (κ3) is 1.74. The maximum atomic E-state index is 8.84. The molecule has 0 atom stereocenters. The van der Waals surface area contributed by atoms with E-state index in [1.54, 1.807) is 6.20 Å². The maximum Gasteiger partial charge on any atom is 0.142 e. The summed E-state index contributed by atoms with van der Waals surface area (Å²) in [6.45, 7) is 2.64. The molecule has 0 unspecified atom stereocenters. The molecule has 1 aliphatic heterocycles. The molecular formula is C12H11N5. The van der Waals surface area contributed by atoms with Crippen LogP contribution in [0.5, 0.6) is 0 Å². The van der Waals surface area contributed by atoms with Crippen LogP contribution in [0.3, 0.4) is 0 Å². The number of anilines is 1. The van der Waals surface area contributed by atoms with Crippen LogP contribution in [0.1, 0.15) is 11.5 Å². The molecule has 3 heterocycles. The Morgan fingerprint density at radius 1 is 1.24 bits per heavy atom. The predicted octanol–water partition coefficient (Wildman–Crippen LogP) is 1.17. The third-order valence-electron chi connectivity index (χ3n) is 2.97. The largest absolute Gasteiger partial charge is 0.362 e. The van der Waals surface area contributed by atoms with Crippen LogP contribution < -0.4 is 4.90 Å². The summed E-state index contributed by atoms with van der Waals surface area (Å²) < 4.78 is 2.16. The smallest absolute Gasteiger partial charge is 0.142 e. The van der Waals surface area contributed by atoms with Gasteiger partial charge in [0.2, 0.25) is 0 Å². The Morgan fingerprint density at radius 3 is 3.06 bits per heavy atom. The Kier molecular flexibility index (Phi) is 2.26. The first kappa shape index (κ1) is 9.85. The first-order valence-corrected chi connectivity index (χ1v) is 5.48. The summed E-state index contributed by atoms with van der Waals surface area (Å²) in [6.07, 6.45) is 5.50. The first-order valence-electron chi connectivity index (χ1n) is 5.48. The van der Waals surface area contributed by atoms with E-state index >= 15 is 0 Å². The number of fused-ring (bicyclic) bond motifs is 1. The second-order valence-corrected chi connectivity index (χ2v) is 3.97. The first-order chi connectivity index (χ1) is 8.36. The van der Waals surface area contributed by atoms with E-state index in [1.165, 1.54) is 0 Å². The van der Waals surface area contributed by atoms with Crippen LogP contribution in [0.2, 0.25) is 0 Å². The lowest BCUT2D eigenvalue weighted by molar-refractivity contribution is 0.560. The lowest BCUT2D eigenvalue weighted by Gasteiger charge is -2.29. The van der Waals surface area contributed by atoms with Crippen LogP contribution in [0.15, 0.2) is 30.7 Å². The monoisotopic (exact) mass is 225 g/mol. The Labute approximate surface area is 99.0 Å². The van der Waals surface area contributed by atoms with Crippen molar-refractivity contribution in [3.8, 4) is 6.07 Å². The van der Waals surface area contributed by atoms with Crippen LogP contribution in [-0.2, 0) is 13.1 Å². The summed E-state index contributed by atoms with van der Waals surface area (Å²) in [4.78, 5) is 10.5. The lowest BCUT2D eigenvalue weighted by atomic mass is 10.2. The molecule has 17 heavy (non-hydrogen) atoms. The van der Waals surface area contributed by atoms with Gasteiger partial charge >= 0.3 is 0 Å². The van der Waals surface area contributed by atoms with Gasteiger partial charge in [0.05, 0.1) is 6.54 Å². The highest BCUT2D eigenvalue weighted by molar-refractivity contribution is 5.49. The van der Waals surface area contributed by atoms with Crippen molar-refractivity contribution in [1.82, 2.24) is 14.5 Å². The second kappa shape index (κ2) is 3.91. The zero-order valence-corrected chi connectivity index (χ0v) is 9.24. The van der Waals surface area contributed by atoms with Gasteiger partial charge in [-0.15, -0.1) is 0 Å². The number of nitrogens with zero attached hydrogens (tertiary/aromatic N) is 5. The molecule has 0 radical (unpaired) electrons. The number of rotatable bonds is 1. The molecule has 0 aromatic carbocycles. The van der Waals surface area contributed by atoms with E-state index in [-0.39, 0.29) is 0 Å². The topological polar surface area (TPSA) is 57.7 Å². The predicted molar refractivity (Wildman–Crippen MR) is 62.2 cm³/mol. The Bertz CT molecular complexity index is 581. The van der Waals surface area contributed by atoms with Crippen LogP contribution in [0, 0.1) is 11.3 Å². The standard InChI is InChI=1S/C12H11N5/c13-8-10-7-11(1-2-14-10)17-6-5-16-4-3-15-12(16)9-17/h1-4,7H,5-6,9H2. The highest BCUT2D eigenvalue weighted by Crippen LogP contribution is 2.20. The fraction of sp³-hybridized carbons (Fsp3) is 0.250. The van der Waals surface area contributed by atoms with Gasteiger partial charge < -0.3 is 9.47 Å². The van der Waals surface area contributed by atoms with Gasteiger partial charge in [-0.3, -0.25) is 0 Å². The number of nitriles is 1. The zero-order valence-electron chi connectivity index (χ0n) is 9.24. The summed E-state index contributed by atoms with van der Waals surface area (Å²) in [5.74, 6) is 1.06. The molecule has 5 heteroatoms. The van der Waals surface area contributed by atoms with Crippen molar-refractivity contribution >= 4 is 5.69 Å². The number of hydrogen-bond donors (Lipinski definition) is 0. The summed E-state index contributed by atoms with van der Waals surface area (Å²) in [5.41, 5.74) is 1.49. The van der Waals surface area contributed by atoms with Gasteiger partial charge in [0, 0.05) is 37.4 Å². The molecule has 0 spiro atoms. The molecule has 0 bridgehead atoms.